The van der Waals surface area contributed by atoms with Gasteiger partial charge in [0.25, 0.3) is 0 Å². The molecule has 1 aromatic carbocycles. The number of halogens is 4. The molecule has 0 bridgehead atoms. The molecule has 0 saturated carbocycles. The Labute approximate surface area is 95.4 Å². The number of hydrogen-bond donors (Lipinski definition) is 1. The van der Waals surface area contributed by atoms with Crippen molar-refractivity contribution in [2.24, 2.45) is 5.73 Å². The predicted octanol–water partition coefficient (Wildman–Crippen LogP) is 2.29. The van der Waals surface area contributed by atoms with Crippen LogP contribution >= 0.6 is 0 Å². The topological polar surface area (TPSA) is 35.2 Å². The first-order valence-corrected chi connectivity index (χ1v) is 5.27. The fourth-order valence-corrected chi connectivity index (χ4v) is 1.90. The molecule has 1 aliphatic heterocycles. The molecular weight excluding hydrogens is 238 g/mol. The molecule has 2 nitrogen and oxygen atoms in total. The van der Waals surface area contributed by atoms with E-state index in [1.165, 1.54) is 0 Å². The summed E-state index contributed by atoms with van der Waals surface area (Å²) in [5, 5.41) is 0. The minimum absolute atomic E-state index is 0.0370. The minimum Gasteiger partial charge on any atom is -0.486 e. The van der Waals surface area contributed by atoms with Gasteiger partial charge in [0.2, 0.25) is 11.6 Å². The zero-order valence-corrected chi connectivity index (χ0v) is 8.90. The van der Waals surface area contributed by atoms with E-state index in [-0.39, 0.29) is 12.0 Å². The highest BCUT2D eigenvalue weighted by molar-refractivity contribution is 5.41. The van der Waals surface area contributed by atoms with Gasteiger partial charge in [-0.15, -0.1) is 0 Å². The summed E-state index contributed by atoms with van der Waals surface area (Å²) in [7, 11) is 0. The second-order valence-corrected chi connectivity index (χ2v) is 3.94. The molecule has 0 saturated heterocycles. The zero-order valence-electron chi connectivity index (χ0n) is 8.90. The molecule has 0 aliphatic carbocycles. The molecule has 0 radical (unpaired) electrons. The van der Waals surface area contributed by atoms with Crippen molar-refractivity contribution in [3.63, 3.8) is 0 Å². The second kappa shape index (κ2) is 4.52. The van der Waals surface area contributed by atoms with Gasteiger partial charge in [-0.05, 0) is 19.4 Å². The van der Waals surface area contributed by atoms with E-state index in [0.29, 0.717) is 19.4 Å². The summed E-state index contributed by atoms with van der Waals surface area (Å²) in [6.07, 6.45) is 0.675. The molecule has 1 unspecified atom stereocenters. The van der Waals surface area contributed by atoms with E-state index in [2.05, 4.69) is 0 Å². The van der Waals surface area contributed by atoms with E-state index < -0.39 is 35.1 Å². The summed E-state index contributed by atoms with van der Waals surface area (Å²) in [5.41, 5.74) is 5.06. The quantitative estimate of drug-likeness (QED) is 0.506. The van der Waals surface area contributed by atoms with E-state index in [9.17, 15) is 17.6 Å². The molecule has 0 amide bonds. The van der Waals surface area contributed by atoms with E-state index in [1.54, 1.807) is 0 Å². The summed E-state index contributed by atoms with van der Waals surface area (Å²) >= 11 is 0. The highest BCUT2D eigenvalue weighted by Gasteiger charge is 2.34. The van der Waals surface area contributed by atoms with Crippen molar-refractivity contribution in [2.45, 2.75) is 25.4 Å². The van der Waals surface area contributed by atoms with Gasteiger partial charge in [-0.1, -0.05) is 0 Å². The number of nitrogens with two attached hydrogens (primary N) is 1. The SMILES string of the molecule is NCCCC1Cc2c(F)c(F)c(F)c(F)c2O1. The third-order valence-corrected chi connectivity index (χ3v) is 2.76. The Hall–Kier alpha value is -1.30. The van der Waals surface area contributed by atoms with Gasteiger partial charge in [0.15, 0.2) is 17.4 Å². The number of hydrogen-bond acceptors (Lipinski definition) is 2. The van der Waals surface area contributed by atoms with Crippen molar-refractivity contribution in [1.29, 1.82) is 0 Å². The van der Waals surface area contributed by atoms with Crippen molar-refractivity contribution in [1.82, 2.24) is 0 Å². The molecule has 1 aliphatic rings. The summed E-state index contributed by atoms with van der Waals surface area (Å²) in [5.74, 6) is -6.96. The molecule has 1 atom stereocenters. The standard InChI is InChI=1S/C11H11F4NO/c12-7-6-4-5(2-1-3-16)17-11(6)10(15)9(14)8(7)13/h5H,1-4,16H2. The van der Waals surface area contributed by atoms with Crippen LogP contribution in [0.2, 0.25) is 0 Å². The lowest BCUT2D eigenvalue weighted by molar-refractivity contribution is 0.208. The molecule has 0 spiro atoms. The normalized spacial score (nSPS) is 18.1. The Morgan fingerprint density at radius 1 is 1.06 bits per heavy atom. The molecular formula is C11H11F4NO. The summed E-state index contributed by atoms with van der Waals surface area (Å²) in [6, 6.07) is 0. The maximum absolute atomic E-state index is 13.4. The van der Waals surface area contributed by atoms with Crippen LogP contribution in [0.15, 0.2) is 0 Å². The Kier molecular flexibility index (Phi) is 3.24. The van der Waals surface area contributed by atoms with Gasteiger partial charge in [0.1, 0.15) is 6.10 Å². The Bertz CT molecular complexity index is 413. The highest BCUT2D eigenvalue weighted by atomic mass is 19.2. The Balaban J connectivity index is 2.32. The molecule has 2 N–H and O–H groups in total. The molecule has 0 fully saturated rings. The van der Waals surface area contributed by atoms with Crippen molar-refractivity contribution in [3.8, 4) is 5.75 Å². The third-order valence-electron chi connectivity index (χ3n) is 2.76. The lowest BCUT2D eigenvalue weighted by Gasteiger charge is -2.09. The second-order valence-electron chi connectivity index (χ2n) is 3.94. The van der Waals surface area contributed by atoms with Crippen molar-refractivity contribution < 1.29 is 22.3 Å². The largest absolute Gasteiger partial charge is 0.486 e. The summed E-state index contributed by atoms with van der Waals surface area (Å²) < 4.78 is 57.6. The fraction of sp³-hybridized carbons (Fsp3) is 0.455. The number of benzene rings is 1. The molecule has 2 rings (SSSR count). The van der Waals surface area contributed by atoms with Crippen LogP contribution in [-0.4, -0.2) is 12.6 Å². The van der Waals surface area contributed by atoms with Gasteiger partial charge in [-0.3, -0.25) is 0 Å². The van der Waals surface area contributed by atoms with Gasteiger partial charge in [0.05, 0.1) is 0 Å². The first kappa shape index (κ1) is 12.2. The monoisotopic (exact) mass is 249 g/mol. The van der Waals surface area contributed by atoms with E-state index in [4.69, 9.17) is 10.5 Å². The van der Waals surface area contributed by atoms with Gasteiger partial charge in [-0.2, -0.15) is 4.39 Å². The highest BCUT2D eigenvalue weighted by Crippen LogP contribution is 2.37. The molecule has 1 aromatic rings. The van der Waals surface area contributed by atoms with Gasteiger partial charge in [-0.25, -0.2) is 13.2 Å². The number of ether oxygens (including phenoxy) is 1. The first-order chi connectivity index (χ1) is 8.06. The van der Waals surface area contributed by atoms with Crippen LogP contribution in [0.5, 0.6) is 5.75 Å². The van der Waals surface area contributed by atoms with Crippen molar-refractivity contribution in [2.75, 3.05) is 6.54 Å². The smallest absolute Gasteiger partial charge is 0.204 e. The third kappa shape index (κ3) is 1.97. The minimum atomic E-state index is -1.83. The average Bonchev–Trinajstić information content (AvgIpc) is 2.75. The summed E-state index contributed by atoms with van der Waals surface area (Å²) in [6.45, 7) is 0.421. The maximum atomic E-state index is 13.4. The first-order valence-electron chi connectivity index (χ1n) is 5.27. The zero-order chi connectivity index (χ0) is 12.6. The van der Waals surface area contributed by atoms with Crippen LogP contribution in [-0.2, 0) is 6.42 Å². The predicted molar refractivity (Wildman–Crippen MR) is 52.7 cm³/mol. The van der Waals surface area contributed by atoms with E-state index in [0.717, 1.165) is 0 Å². The summed E-state index contributed by atoms with van der Waals surface area (Å²) in [4.78, 5) is 0. The molecule has 0 aromatic heterocycles. The molecule has 17 heavy (non-hydrogen) atoms. The van der Waals surface area contributed by atoms with Gasteiger partial charge < -0.3 is 10.5 Å². The van der Waals surface area contributed by atoms with Crippen molar-refractivity contribution >= 4 is 0 Å². The van der Waals surface area contributed by atoms with E-state index >= 15 is 0 Å². The van der Waals surface area contributed by atoms with Gasteiger partial charge in [0, 0.05) is 12.0 Å². The van der Waals surface area contributed by atoms with Crippen LogP contribution in [0.3, 0.4) is 0 Å². The van der Waals surface area contributed by atoms with Crippen LogP contribution in [0.25, 0.3) is 0 Å². The average molecular weight is 249 g/mol. The number of rotatable bonds is 3. The molecule has 94 valence electrons. The fourth-order valence-electron chi connectivity index (χ4n) is 1.90. The lowest BCUT2D eigenvalue weighted by Crippen LogP contribution is -2.15. The van der Waals surface area contributed by atoms with E-state index in [1.807, 2.05) is 0 Å². The molecule has 1 heterocycles. The van der Waals surface area contributed by atoms with Crippen molar-refractivity contribution in [3.05, 3.63) is 28.8 Å². The van der Waals surface area contributed by atoms with Crippen LogP contribution in [0, 0.1) is 23.3 Å². The van der Waals surface area contributed by atoms with Gasteiger partial charge >= 0.3 is 0 Å². The maximum Gasteiger partial charge on any atom is 0.204 e. The lowest BCUT2D eigenvalue weighted by atomic mass is 10.1. The molecule has 6 heteroatoms. The Morgan fingerprint density at radius 2 is 1.71 bits per heavy atom. The number of fused-ring (bicyclic) bond motifs is 1. The van der Waals surface area contributed by atoms with Crippen LogP contribution in [0.4, 0.5) is 17.6 Å². The van der Waals surface area contributed by atoms with Crippen LogP contribution < -0.4 is 10.5 Å². The Morgan fingerprint density at radius 3 is 2.35 bits per heavy atom. The van der Waals surface area contributed by atoms with Crippen LogP contribution in [0.1, 0.15) is 18.4 Å².